The molecule has 1 amide bonds. The lowest BCUT2D eigenvalue weighted by Crippen LogP contribution is -2.36. The number of carbonyl (C=O) groups is 1. The van der Waals surface area contributed by atoms with Crippen LogP contribution in [0.25, 0.3) is 0 Å². The number of nitro groups is 1. The van der Waals surface area contributed by atoms with Gasteiger partial charge in [0.15, 0.2) is 0 Å². The van der Waals surface area contributed by atoms with Crippen LogP contribution in [0.4, 0.5) is 11.4 Å². The Kier molecular flexibility index (Phi) is 3.42. The molecule has 1 saturated carbocycles. The maximum atomic E-state index is 12.3. The van der Waals surface area contributed by atoms with Crippen LogP contribution in [0.15, 0.2) is 18.2 Å². The van der Waals surface area contributed by atoms with Gasteiger partial charge in [-0.05, 0) is 31.7 Å². The zero-order chi connectivity index (χ0) is 14.2. The van der Waals surface area contributed by atoms with Crippen LogP contribution in [0, 0.1) is 16.0 Å². The number of hydrogen-bond acceptors (Lipinski definition) is 4. The molecule has 19 heavy (non-hydrogen) atoms. The van der Waals surface area contributed by atoms with Gasteiger partial charge >= 0.3 is 0 Å². The summed E-state index contributed by atoms with van der Waals surface area (Å²) in [7, 11) is 1.71. The first-order chi connectivity index (χ1) is 8.93. The van der Waals surface area contributed by atoms with Crippen LogP contribution >= 0.6 is 0 Å². The summed E-state index contributed by atoms with van der Waals surface area (Å²) in [6.07, 6.45) is 2.26. The molecule has 0 heterocycles. The Balaban J connectivity index is 2.28. The van der Waals surface area contributed by atoms with E-state index in [0.29, 0.717) is 5.92 Å². The molecular weight excluding hydrogens is 246 g/mol. The van der Waals surface area contributed by atoms with Crippen LogP contribution in [0.2, 0.25) is 0 Å². The first-order valence-corrected chi connectivity index (χ1v) is 6.23. The quantitative estimate of drug-likeness (QED) is 0.511. The molecule has 0 saturated heterocycles. The van der Waals surface area contributed by atoms with Crippen LogP contribution in [0.1, 0.15) is 30.1 Å². The second kappa shape index (κ2) is 4.87. The Morgan fingerprint density at radius 3 is 2.68 bits per heavy atom. The Morgan fingerprint density at radius 1 is 1.53 bits per heavy atom. The maximum absolute atomic E-state index is 12.3. The first kappa shape index (κ1) is 13.3. The smallest absolute Gasteiger partial charge is 0.292 e. The summed E-state index contributed by atoms with van der Waals surface area (Å²) >= 11 is 0. The predicted molar refractivity (Wildman–Crippen MR) is 71.8 cm³/mol. The number of carbonyl (C=O) groups excluding carboxylic acids is 1. The fourth-order valence-corrected chi connectivity index (χ4v) is 2.17. The van der Waals surface area contributed by atoms with Gasteiger partial charge in [0, 0.05) is 19.2 Å². The van der Waals surface area contributed by atoms with Gasteiger partial charge in [0.05, 0.1) is 10.5 Å². The second-order valence-electron chi connectivity index (χ2n) is 4.99. The summed E-state index contributed by atoms with van der Waals surface area (Å²) in [5.74, 6) is 0.273. The topological polar surface area (TPSA) is 89.5 Å². The molecule has 6 nitrogen and oxygen atoms in total. The van der Waals surface area contributed by atoms with E-state index in [1.165, 1.54) is 18.2 Å². The van der Waals surface area contributed by atoms with E-state index in [0.717, 1.165) is 12.8 Å². The number of anilines is 1. The van der Waals surface area contributed by atoms with Gasteiger partial charge in [0.1, 0.15) is 5.69 Å². The Morgan fingerprint density at radius 2 is 2.16 bits per heavy atom. The first-order valence-electron chi connectivity index (χ1n) is 6.23. The summed E-state index contributed by atoms with van der Waals surface area (Å²) < 4.78 is 0. The zero-order valence-electron chi connectivity index (χ0n) is 11.0. The third-order valence-electron chi connectivity index (χ3n) is 3.75. The van der Waals surface area contributed by atoms with E-state index < -0.39 is 4.92 Å². The Bertz CT molecular complexity index is 526. The van der Waals surface area contributed by atoms with Crippen molar-refractivity contribution in [1.82, 2.24) is 4.90 Å². The molecule has 102 valence electrons. The SMILES string of the molecule is CC(C1CC1)N(C)C(=O)c1cccc([N+](=O)[O-])c1N. The number of benzene rings is 1. The van der Waals surface area contributed by atoms with Crippen molar-refractivity contribution in [2.75, 3.05) is 12.8 Å². The summed E-state index contributed by atoms with van der Waals surface area (Å²) in [5.41, 5.74) is 5.64. The normalized spacial score (nSPS) is 15.9. The van der Waals surface area contributed by atoms with E-state index in [2.05, 4.69) is 0 Å². The van der Waals surface area contributed by atoms with Crippen molar-refractivity contribution in [1.29, 1.82) is 0 Å². The van der Waals surface area contributed by atoms with Crippen molar-refractivity contribution >= 4 is 17.3 Å². The van der Waals surface area contributed by atoms with E-state index in [4.69, 9.17) is 5.73 Å². The van der Waals surface area contributed by atoms with Crippen molar-refractivity contribution in [3.63, 3.8) is 0 Å². The van der Waals surface area contributed by atoms with E-state index >= 15 is 0 Å². The van der Waals surface area contributed by atoms with Crippen LogP contribution in [-0.4, -0.2) is 28.8 Å². The van der Waals surface area contributed by atoms with Crippen molar-refractivity contribution < 1.29 is 9.72 Å². The maximum Gasteiger partial charge on any atom is 0.292 e. The number of nitro benzene ring substituents is 1. The van der Waals surface area contributed by atoms with Gasteiger partial charge in [0.2, 0.25) is 0 Å². The summed E-state index contributed by atoms with van der Waals surface area (Å²) in [6, 6.07) is 4.44. The minimum atomic E-state index is -0.573. The molecule has 0 bridgehead atoms. The Labute approximate surface area is 111 Å². The Hall–Kier alpha value is -2.11. The van der Waals surface area contributed by atoms with Gasteiger partial charge in [-0.25, -0.2) is 0 Å². The average Bonchev–Trinajstić information content (AvgIpc) is 3.20. The molecule has 1 atom stereocenters. The van der Waals surface area contributed by atoms with Crippen LogP contribution < -0.4 is 5.73 Å². The van der Waals surface area contributed by atoms with Crippen LogP contribution in [0.3, 0.4) is 0 Å². The van der Waals surface area contributed by atoms with E-state index in [1.54, 1.807) is 11.9 Å². The lowest BCUT2D eigenvalue weighted by molar-refractivity contribution is -0.383. The van der Waals surface area contributed by atoms with E-state index in [-0.39, 0.29) is 28.9 Å². The number of amides is 1. The molecule has 0 aromatic heterocycles. The molecule has 0 radical (unpaired) electrons. The van der Waals surface area contributed by atoms with Crippen LogP contribution in [-0.2, 0) is 0 Å². The fourth-order valence-electron chi connectivity index (χ4n) is 2.17. The molecule has 0 aliphatic heterocycles. The van der Waals surface area contributed by atoms with Crippen LogP contribution in [0.5, 0.6) is 0 Å². The summed E-state index contributed by atoms with van der Waals surface area (Å²) in [4.78, 5) is 24.2. The number of nitrogens with zero attached hydrogens (tertiary/aromatic N) is 2. The summed E-state index contributed by atoms with van der Waals surface area (Å²) in [5, 5.41) is 10.8. The predicted octanol–water partition coefficient (Wildman–Crippen LogP) is 2.05. The molecule has 1 fully saturated rings. The summed E-state index contributed by atoms with van der Waals surface area (Å²) in [6.45, 7) is 1.99. The highest BCUT2D eigenvalue weighted by Crippen LogP contribution is 2.35. The molecule has 0 spiro atoms. The third kappa shape index (κ3) is 2.52. The fraction of sp³-hybridized carbons (Fsp3) is 0.462. The van der Waals surface area contributed by atoms with Gasteiger partial charge in [-0.15, -0.1) is 0 Å². The minimum Gasteiger partial charge on any atom is -0.393 e. The van der Waals surface area contributed by atoms with Crippen molar-refractivity contribution in [3.8, 4) is 0 Å². The lowest BCUT2D eigenvalue weighted by atomic mass is 10.1. The number of hydrogen-bond donors (Lipinski definition) is 1. The number of nitrogen functional groups attached to an aromatic ring is 1. The molecule has 1 aliphatic rings. The number of rotatable bonds is 4. The number of nitrogens with two attached hydrogens (primary N) is 1. The monoisotopic (exact) mass is 263 g/mol. The molecule has 1 unspecified atom stereocenters. The number of para-hydroxylation sites is 1. The highest BCUT2D eigenvalue weighted by Gasteiger charge is 2.33. The largest absolute Gasteiger partial charge is 0.393 e. The average molecular weight is 263 g/mol. The van der Waals surface area contributed by atoms with Gasteiger partial charge in [0.25, 0.3) is 11.6 Å². The van der Waals surface area contributed by atoms with E-state index in [1.807, 2.05) is 6.92 Å². The highest BCUT2D eigenvalue weighted by atomic mass is 16.6. The van der Waals surface area contributed by atoms with Gasteiger partial charge in [-0.2, -0.15) is 0 Å². The van der Waals surface area contributed by atoms with Gasteiger partial charge < -0.3 is 10.6 Å². The molecule has 1 aliphatic carbocycles. The lowest BCUT2D eigenvalue weighted by Gasteiger charge is -2.25. The molecule has 6 heteroatoms. The standard InChI is InChI=1S/C13H17N3O3/c1-8(9-6-7-9)15(2)13(17)10-4-3-5-11(12(10)14)16(18)19/h3-5,8-9H,6-7,14H2,1-2H3. The molecule has 1 aromatic carbocycles. The highest BCUT2D eigenvalue weighted by molar-refractivity contribution is 6.01. The van der Waals surface area contributed by atoms with Crippen molar-refractivity contribution in [2.45, 2.75) is 25.8 Å². The van der Waals surface area contributed by atoms with Crippen molar-refractivity contribution in [3.05, 3.63) is 33.9 Å². The van der Waals surface area contributed by atoms with Gasteiger partial charge in [-0.3, -0.25) is 14.9 Å². The minimum absolute atomic E-state index is 0.0626. The molecule has 1 aromatic rings. The van der Waals surface area contributed by atoms with Crippen molar-refractivity contribution in [2.24, 2.45) is 5.92 Å². The second-order valence-corrected chi connectivity index (χ2v) is 4.99. The van der Waals surface area contributed by atoms with Gasteiger partial charge in [-0.1, -0.05) is 6.07 Å². The molecular formula is C13H17N3O3. The molecule has 2 rings (SSSR count). The van der Waals surface area contributed by atoms with E-state index in [9.17, 15) is 14.9 Å². The zero-order valence-corrected chi connectivity index (χ0v) is 11.0. The third-order valence-corrected chi connectivity index (χ3v) is 3.75. The molecule has 2 N–H and O–H groups in total.